The zero-order valence-corrected chi connectivity index (χ0v) is 20.1. The molecule has 4 aromatic rings. The van der Waals surface area contributed by atoms with Gasteiger partial charge in [-0.3, -0.25) is 14.2 Å². The Morgan fingerprint density at radius 2 is 1.71 bits per heavy atom. The fraction of sp³-hybridized carbons (Fsp3) is 0.125. The zero-order chi connectivity index (χ0) is 24.3. The highest BCUT2D eigenvalue weighted by molar-refractivity contribution is 7.99. The van der Waals surface area contributed by atoms with Crippen LogP contribution in [0.3, 0.4) is 0 Å². The molecule has 0 unspecified atom stereocenters. The summed E-state index contributed by atoms with van der Waals surface area (Å²) in [5.74, 6) is -0.381. The highest BCUT2D eigenvalue weighted by atomic mass is 32.2. The molecule has 1 amide bonds. The third kappa shape index (κ3) is 4.89. The average Bonchev–Trinajstić information content (AvgIpc) is 2.83. The number of anilines is 1. The van der Waals surface area contributed by atoms with Gasteiger partial charge in [-0.25, -0.2) is 17.7 Å². The van der Waals surface area contributed by atoms with Gasteiger partial charge in [-0.1, -0.05) is 48.2 Å². The third-order valence-electron chi connectivity index (χ3n) is 4.99. The number of sulfonamides is 1. The zero-order valence-electron chi connectivity index (χ0n) is 18.5. The van der Waals surface area contributed by atoms with E-state index in [1.165, 1.54) is 30.8 Å². The van der Waals surface area contributed by atoms with Crippen LogP contribution >= 0.6 is 11.8 Å². The summed E-state index contributed by atoms with van der Waals surface area (Å²) < 4.78 is 27.3. The van der Waals surface area contributed by atoms with E-state index in [1.807, 2.05) is 18.2 Å². The quantitative estimate of drug-likeness (QED) is 0.312. The molecule has 4 rings (SSSR count). The Bertz CT molecular complexity index is 1520. The lowest BCUT2D eigenvalue weighted by molar-refractivity contribution is -0.113. The van der Waals surface area contributed by atoms with E-state index >= 15 is 0 Å². The first kappa shape index (κ1) is 23.7. The van der Waals surface area contributed by atoms with Crippen LogP contribution in [-0.4, -0.2) is 48.0 Å². The number of hydrogen-bond acceptors (Lipinski definition) is 6. The lowest BCUT2D eigenvalue weighted by Crippen LogP contribution is -2.23. The van der Waals surface area contributed by atoms with E-state index in [2.05, 4.69) is 10.3 Å². The van der Waals surface area contributed by atoms with E-state index in [0.29, 0.717) is 27.4 Å². The highest BCUT2D eigenvalue weighted by Crippen LogP contribution is 2.22. The van der Waals surface area contributed by atoms with Gasteiger partial charge in [-0.05, 0) is 42.5 Å². The van der Waals surface area contributed by atoms with E-state index in [-0.39, 0.29) is 22.1 Å². The van der Waals surface area contributed by atoms with Crippen molar-refractivity contribution in [3.8, 4) is 5.69 Å². The number of thioether (sulfide) groups is 1. The number of nitrogens with one attached hydrogen (secondary N) is 1. The molecule has 0 fully saturated rings. The second-order valence-electron chi connectivity index (χ2n) is 7.54. The summed E-state index contributed by atoms with van der Waals surface area (Å²) in [5.41, 5.74) is 1.33. The molecule has 0 radical (unpaired) electrons. The van der Waals surface area contributed by atoms with Gasteiger partial charge in [0.2, 0.25) is 15.9 Å². The van der Waals surface area contributed by atoms with Crippen molar-refractivity contribution in [2.45, 2.75) is 10.1 Å². The average molecular weight is 495 g/mol. The number of rotatable bonds is 7. The number of hydrogen-bond donors (Lipinski definition) is 1. The van der Waals surface area contributed by atoms with Crippen molar-refractivity contribution >= 4 is 44.3 Å². The topological polar surface area (TPSA) is 101 Å². The molecule has 0 bridgehead atoms. The van der Waals surface area contributed by atoms with E-state index in [1.54, 1.807) is 48.5 Å². The van der Waals surface area contributed by atoms with Gasteiger partial charge in [0.25, 0.3) is 5.56 Å². The minimum atomic E-state index is -3.62. The fourth-order valence-electron chi connectivity index (χ4n) is 3.29. The van der Waals surface area contributed by atoms with Crippen LogP contribution in [-0.2, 0) is 14.8 Å². The van der Waals surface area contributed by atoms with Gasteiger partial charge in [0.15, 0.2) is 5.16 Å². The maximum atomic E-state index is 13.2. The molecule has 10 heteroatoms. The molecule has 0 spiro atoms. The van der Waals surface area contributed by atoms with Crippen LogP contribution in [0.15, 0.2) is 93.7 Å². The van der Waals surface area contributed by atoms with E-state index in [9.17, 15) is 18.0 Å². The summed E-state index contributed by atoms with van der Waals surface area (Å²) in [6.07, 6.45) is 0. The highest BCUT2D eigenvalue weighted by Gasteiger charge is 2.18. The lowest BCUT2D eigenvalue weighted by atomic mass is 10.2. The minimum Gasteiger partial charge on any atom is -0.325 e. The molecule has 0 saturated heterocycles. The van der Waals surface area contributed by atoms with Crippen LogP contribution in [0.25, 0.3) is 16.6 Å². The molecule has 1 N–H and O–H groups in total. The first-order valence-electron chi connectivity index (χ1n) is 10.3. The second kappa shape index (κ2) is 9.80. The summed E-state index contributed by atoms with van der Waals surface area (Å²) >= 11 is 1.13. The van der Waals surface area contributed by atoms with Crippen molar-refractivity contribution in [1.29, 1.82) is 0 Å². The number of amides is 1. The van der Waals surface area contributed by atoms with Crippen molar-refractivity contribution in [2.75, 3.05) is 25.2 Å². The van der Waals surface area contributed by atoms with Gasteiger partial charge in [-0.2, -0.15) is 0 Å². The molecule has 0 atom stereocenters. The van der Waals surface area contributed by atoms with Crippen molar-refractivity contribution in [1.82, 2.24) is 13.9 Å². The first-order chi connectivity index (χ1) is 16.3. The van der Waals surface area contributed by atoms with Crippen LogP contribution < -0.4 is 10.9 Å². The summed E-state index contributed by atoms with van der Waals surface area (Å²) in [7, 11) is -0.735. The van der Waals surface area contributed by atoms with Crippen molar-refractivity contribution < 1.29 is 13.2 Å². The van der Waals surface area contributed by atoms with Gasteiger partial charge in [-0.15, -0.1) is 0 Å². The molecule has 34 heavy (non-hydrogen) atoms. The summed E-state index contributed by atoms with van der Waals surface area (Å²) in [4.78, 5) is 30.6. The number of fused-ring (bicyclic) bond motifs is 1. The first-order valence-corrected chi connectivity index (χ1v) is 12.7. The minimum absolute atomic E-state index is 0.0255. The number of benzene rings is 3. The fourth-order valence-corrected chi connectivity index (χ4v) is 5.05. The Morgan fingerprint density at radius 1 is 1.00 bits per heavy atom. The van der Waals surface area contributed by atoms with Gasteiger partial charge in [0, 0.05) is 19.8 Å². The molecule has 0 aliphatic rings. The molecular weight excluding hydrogens is 472 g/mol. The van der Waals surface area contributed by atoms with Crippen LogP contribution in [0, 0.1) is 0 Å². The van der Waals surface area contributed by atoms with Gasteiger partial charge >= 0.3 is 0 Å². The summed E-state index contributed by atoms with van der Waals surface area (Å²) in [5, 5.41) is 3.59. The Hall–Kier alpha value is -3.47. The smallest absolute Gasteiger partial charge is 0.266 e. The molecule has 1 heterocycles. The van der Waals surface area contributed by atoms with E-state index in [0.717, 1.165) is 16.1 Å². The second-order valence-corrected chi connectivity index (χ2v) is 10.6. The van der Waals surface area contributed by atoms with Gasteiger partial charge in [0.05, 0.1) is 27.2 Å². The molecule has 0 saturated carbocycles. The summed E-state index contributed by atoms with van der Waals surface area (Å²) in [6.45, 7) is 0. The molecule has 0 aliphatic heterocycles. The molecule has 3 aromatic carbocycles. The van der Waals surface area contributed by atoms with Crippen LogP contribution in [0.4, 0.5) is 5.69 Å². The SMILES string of the molecule is CN(C)S(=O)(=O)c1cccc(NC(=O)CSc2nc3ccccc3c(=O)n2-c2ccccc2)c1. The number of aromatic nitrogens is 2. The molecule has 1 aromatic heterocycles. The molecule has 8 nitrogen and oxygen atoms in total. The van der Waals surface area contributed by atoms with Crippen molar-refractivity contribution in [3.63, 3.8) is 0 Å². The maximum absolute atomic E-state index is 13.2. The Labute approximate surface area is 201 Å². The van der Waals surface area contributed by atoms with Crippen LogP contribution in [0.1, 0.15) is 0 Å². The molecular formula is C24H22N4O4S2. The number of nitrogens with zero attached hydrogens (tertiary/aromatic N) is 3. The maximum Gasteiger partial charge on any atom is 0.266 e. The predicted octanol–water partition coefficient (Wildman–Crippen LogP) is 3.37. The Balaban J connectivity index is 1.60. The Morgan fingerprint density at radius 3 is 2.44 bits per heavy atom. The molecule has 174 valence electrons. The van der Waals surface area contributed by atoms with Crippen molar-refractivity contribution in [2.24, 2.45) is 0 Å². The van der Waals surface area contributed by atoms with E-state index < -0.39 is 10.0 Å². The number of para-hydroxylation sites is 2. The normalized spacial score (nSPS) is 11.6. The van der Waals surface area contributed by atoms with Crippen LogP contribution in [0.5, 0.6) is 0 Å². The number of carbonyl (C=O) groups excluding carboxylic acids is 1. The standard InChI is InChI=1S/C24H22N4O4S2/c1-27(2)34(31,32)19-12-8-9-17(15-19)25-22(29)16-33-24-26-21-14-7-6-13-20(21)23(30)28(24)18-10-4-3-5-11-18/h3-15H,16H2,1-2H3,(H,25,29). The largest absolute Gasteiger partial charge is 0.325 e. The third-order valence-corrected chi connectivity index (χ3v) is 7.74. The number of carbonyl (C=O) groups is 1. The monoisotopic (exact) mass is 494 g/mol. The summed E-state index contributed by atoms with van der Waals surface area (Å²) in [6, 6.07) is 22.2. The Kier molecular flexibility index (Phi) is 6.82. The van der Waals surface area contributed by atoms with Gasteiger partial charge in [0.1, 0.15) is 0 Å². The lowest BCUT2D eigenvalue weighted by Gasteiger charge is -2.14. The van der Waals surface area contributed by atoms with Crippen LogP contribution in [0.2, 0.25) is 0 Å². The van der Waals surface area contributed by atoms with Crippen molar-refractivity contribution in [3.05, 3.63) is 89.2 Å². The van der Waals surface area contributed by atoms with E-state index in [4.69, 9.17) is 0 Å². The van der Waals surface area contributed by atoms with Gasteiger partial charge < -0.3 is 5.32 Å². The predicted molar refractivity (Wildman–Crippen MR) is 134 cm³/mol. The molecule has 0 aliphatic carbocycles.